The Bertz CT molecular complexity index is 183. The van der Waals surface area contributed by atoms with E-state index in [4.69, 9.17) is 11.0 Å². The van der Waals surface area contributed by atoms with E-state index >= 15 is 0 Å². The van der Waals surface area contributed by atoms with Crippen LogP contribution in [0.2, 0.25) is 0 Å². The zero-order valence-electron chi connectivity index (χ0n) is 7.83. The summed E-state index contributed by atoms with van der Waals surface area (Å²) in [4.78, 5) is 2.32. The van der Waals surface area contributed by atoms with Crippen LogP contribution in [0.3, 0.4) is 0 Å². The molecular formula is C9H17N3. The highest BCUT2D eigenvalue weighted by atomic mass is 15.2. The first-order valence-electron chi connectivity index (χ1n) is 4.54. The largest absolute Gasteiger partial charge is 0.326 e. The zero-order chi connectivity index (χ0) is 9.14. The minimum atomic E-state index is 0.0288. The van der Waals surface area contributed by atoms with Crippen LogP contribution >= 0.6 is 0 Å². The van der Waals surface area contributed by atoms with Crippen LogP contribution in [0.25, 0.3) is 0 Å². The molecule has 0 aromatic heterocycles. The van der Waals surface area contributed by atoms with Crippen molar-refractivity contribution in [3.63, 3.8) is 0 Å². The van der Waals surface area contributed by atoms with Gasteiger partial charge in [0.15, 0.2) is 0 Å². The van der Waals surface area contributed by atoms with Gasteiger partial charge in [-0.3, -0.25) is 4.90 Å². The Morgan fingerprint density at radius 2 is 2.25 bits per heavy atom. The van der Waals surface area contributed by atoms with Crippen LogP contribution in [0.15, 0.2) is 0 Å². The van der Waals surface area contributed by atoms with Crippen molar-refractivity contribution in [2.24, 2.45) is 11.7 Å². The maximum Gasteiger partial charge on any atom is 0.0741 e. The van der Waals surface area contributed by atoms with Crippen LogP contribution in [-0.2, 0) is 0 Å². The van der Waals surface area contributed by atoms with E-state index in [0.29, 0.717) is 6.04 Å². The van der Waals surface area contributed by atoms with Gasteiger partial charge in [-0.1, -0.05) is 0 Å². The zero-order valence-corrected chi connectivity index (χ0v) is 7.83. The molecule has 2 atom stereocenters. The van der Waals surface area contributed by atoms with Crippen LogP contribution in [0.4, 0.5) is 0 Å². The summed E-state index contributed by atoms with van der Waals surface area (Å²) in [6.45, 7) is 6.20. The predicted molar refractivity (Wildman–Crippen MR) is 48.4 cm³/mol. The molecule has 0 unspecified atom stereocenters. The number of nitrogens with zero attached hydrogens (tertiary/aromatic N) is 2. The van der Waals surface area contributed by atoms with E-state index < -0.39 is 0 Å². The molecule has 3 nitrogen and oxygen atoms in total. The fourth-order valence-corrected chi connectivity index (χ4v) is 1.60. The quantitative estimate of drug-likeness (QED) is 0.621. The lowest BCUT2D eigenvalue weighted by molar-refractivity contribution is 0.146. The first kappa shape index (κ1) is 9.50. The monoisotopic (exact) mass is 167 g/mol. The molecule has 0 aromatic rings. The Labute approximate surface area is 74.1 Å². The molecule has 0 aliphatic carbocycles. The molecule has 1 heterocycles. The van der Waals surface area contributed by atoms with Gasteiger partial charge in [-0.15, -0.1) is 0 Å². The van der Waals surface area contributed by atoms with Gasteiger partial charge >= 0.3 is 0 Å². The smallest absolute Gasteiger partial charge is 0.0741 e. The molecular weight excluding hydrogens is 150 g/mol. The molecule has 12 heavy (non-hydrogen) atoms. The molecule has 1 saturated heterocycles. The summed E-state index contributed by atoms with van der Waals surface area (Å²) < 4.78 is 0. The molecule has 3 heteroatoms. The van der Waals surface area contributed by atoms with Crippen LogP contribution in [-0.4, -0.2) is 30.1 Å². The molecule has 0 radical (unpaired) electrons. The van der Waals surface area contributed by atoms with Gasteiger partial charge in [-0.2, -0.15) is 5.26 Å². The molecule has 1 fully saturated rings. The molecule has 68 valence electrons. The Kier molecular flexibility index (Phi) is 3.07. The SMILES string of the molecule is CC(C)N1CC[C@@H](N)[C@@H](C#N)C1. The third-order valence-corrected chi connectivity index (χ3v) is 2.59. The van der Waals surface area contributed by atoms with Gasteiger partial charge in [0.1, 0.15) is 0 Å². The Morgan fingerprint density at radius 1 is 1.58 bits per heavy atom. The lowest BCUT2D eigenvalue weighted by Crippen LogP contribution is -2.48. The number of nitriles is 1. The molecule has 1 aliphatic heterocycles. The maximum absolute atomic E-state index is 8.80. The number of nitrogens with two attached hydrogens (primary N) is 1. The third kappa shape index (κ3) is 1.96. The van der Waals surface area contributed by atoms with Crippen LogP contribution in [0, 0.1) is 17.2 Å². The molecule has 0 saturated carbocycles. The van der Waals surface area contributed by atoms with Crippen molar-refractivity contribution in [3.05, 3.63) is 0 Å². The molecule has 1 aliphatic rings. The minimum absolute atomic E-state index is 0.0288. The normalized spacial score (nSPS) is 31.9. The molecule has 0 amide bonds. The van der Waals surface area contributed by atoms with Gasteiger partial charge in [-0.25, -0.2) is 0 Å². The van der Waals surface area contributed by atoms with E-state index in [1.807, 2.05) is 0 Å². The topological polar surface area (TPSA) is 53.0 Å². The van der Waals surface area contributed by atoms with Gasteiger partial charge in [-0.05, 0) is 26.8 Å². The highest BCUT2D eigenvalue weighted by molar-refractivity contribution is 4.96. The summed E-state index contributed by atoms with van der Waals surface area (Å²) in [7, 11) is 0. The lowest BCUT2D eigenvalue weighted by atomic mass is 9.93. The van der Waals surface area contributed by atoms with Gasteiger partial charge in [0.25, 0.3) is 0 Å². The van der Waals surface area contributed by atoms with Gasteiger partial charge in [0.2, 0.25) is 0 Å². The minimum Gasteiger partial charge on any atom is -0.326 e. The predicted octanol–water partition coefficient (Wildman–Crippen LogP) is 0.568. The third-order valence-electron chi connectivity index (χ3n) is 2.59. The number of piperidine rings is 1. The van der Waals surface area contributed by atoms with Crippen molar-refractivity contribution < 1.29 is 0 Å². The average molecular weight is 167 g/mol. The van der Waals surface area contributed by atoms with E-state index in [-0.39, 0.29) is 12.0 Å². The first-order chi connectivity index (χ1) is 5.65. The van der Waals surface area contributed by atoms with E-state index in [0.717, 1.165) is 19.5 Å². The van der Waals surface area contributed by atoms with Crippen molar-refractivity contribution in [2.75, 3.05) is 13.1 Å². The Hall–Kier alpha value is -0.590. The van der Waals surface area contributed by atoms with E-state index in [2.05, 4.69) is 24.8 Å². The molecule has 0 spiro atoms. The average Bonchev–Trinajstić information content (AvgIpc) is 2.05. The second-order valence-electron chi connectivity index (χ2n) is 3.78. The molecule has 0 bridgehead atoms. The number of likely N-dealkylation sites (tertiary alicyclic amines) is 1. The van der Waals surface area contributed by atoms with Crippen LogP contribution < -0.4 is 5.73 Å². The molecule has 0 aromatic carbocycles. The second kappa shape index (κ2) is 3.88. The fourth-order valence-electron chi connectivity index (χ4n) is 1.60. The first-order valence-corrected chi connectivity index (χ1v) is 4.54. The van der Waals surface area contributed by atoms with Crippen molar-refractivity contribution in [2.45, 2.75) is 32.4 Å². The van der Waals surface area contributed by atoms with Crippen molar-refractivity contribution in [3.8, 4) is 6.07 Å². The van der Waals surface area contributed by atoms with Crippen molar-refractivity contribution in [1.82, 2.24) is 4.90 Å². The summed E-state index contributed by atoms with van der Waals surface area (Å²) in [6.07, 6.45) is 0.955. The number of hydrogen-bond acceptors (Lipinski definition) is 3. The van der Waals surface area contributed by atoms with Gasteiger partial charge in [0.05, 0.1) is 12.0 Å². The van der Waals surface area contributed by atoms with E-state index in [1.165, 1.54) is 0 Å². The Morgan fingerprint density at radius 3 is 2.75 bits per heavy atom. The Balaban J connectivity index is 2.51. The van der Waals surface area contributed by atoms with Crippen LogP contribution in [0.5, 0.6) is 0 Å². The molecule has 1 rings (SSSR count). The summed E-state index contributed by atoms with van der Waals surface area (Å²) >= 11 is 0. The van der Waals surface area contributed by atoms with Crippen molar-refractivity contribution >= 4 is 0 Å². The van der Waals surface area contributed by atoms with Gasteiger partial charge in [0, 0.05) is 18.6 Å². The summed E-state index contributed by atoms with van der Waals surface area (Å²) in [5, 5.41) is 8.80. The summed E-state index contributed by atoms with van der Waals surface area (Å²) in [5.74, 6) is 0.0288. The highest BCUT2D eigenvalue weighted by Gasteiger charge is 2.27. The second-order valence-corrected chi connectivity index (χ2v) is 3.78. The van der Waals surface area contributed by atoms with Crippen molar-refractivity contribution in [1.29, 1.82) is 5.26 Å². The molecule has 2 N–H and O–H groups in total. The van der Waals surface area contributed by atoms with Crippen LogP contribution in [0.1, 0.15) is 20.3 Å². The number of hydrogen-bond donors (Lipinski definition) is 1. The van der Waals surface area contributed by atoms with E-state index in [1.54, 1.807) is 0 Å². The standard InChI is InChI=1S/C9H17N3/c1-7(2)12-4-3-9(11)8(5-10)6-12/h7-9H,3-4,6,11H2,1-2H3/t8-,9+/m0/s1. The summed E-state index contributed by atoms with van der Waals surface area (Å²) in [5.41, 5.74) is 5.80. The lowest BCUT2D eigenvalue weighted by Gasteiger charge is -2.35. The van der Waals surface area contributed by atoms with Gasteiger partial charge < -0.3 is 5.73 Å². The fraction of sp³-hybridized carbons (Fsp3) is 0.889. The highest BCUT2D eigenvalue weighted by Crippen LogP contribution is 2.16. The summed E-state index contributed by atoms with van der Waals surface area (Å²) in [6, 6.07) is 2.90. The number of rotatable bonds is 1. The van der Waals surface area contributed by atoms with E-state index in [9.17, 15) is 0 Å². The maximum atomic E-state index is 8.80.